The Morgan fingerprint density at radius 1 is 1.50 bits per heavy atom. The van der Waals surface area contributed by atoms with Crippen LogP contribution in [0.3, 0.4) is 0 Å². The highest BCUT2D eigenvalue weighted by atomic mass is 19.1. The second kappa shape index (κ2) is 5.13. The second-order valence-corrected chi connectivity index (χ2v) is 4.38. The Labute approximate surface area is 114 Å². The molecule has 20 heavy (non-hydrogen) atoms. The molecule has 0 saturated heterocycles. The van der Waals surface area contributed by atoms with E-state index in [9.17, 15) is 9.18 Å². The third-order valence-corrected chi connectivity index (χ3v) is 3.10. The molecule has 1 heterocycles. The summed E-state index contributed by atoms with van der Waals surface area (Å²) in [6.07, 6.45) is -0.158. The molecule has 0 aliphatic carbocycles. The molecule has 2 rings (SSSR count). The zero-order chi connectivity index (χ0) is 14.9. The molecule has 0 saturated carbocycles. The van der Waals surface area contributed by atoms with Gasteiger partial charge in [-0.05, 0) is 26.0 Å². The Hall–Kier alpha value is -2.68. The van der Waals surface area contributed by atoms with Gasteiger partial charge in [-0.25, -0.2) is 9.07 Å². The predicted octanol–water partition coefficient (Wildman–Crippen LogP) is 2.13. The Bertz CT molecular complexity index is 729. The number of carboxylic acid groups (broad SMARTS) is 1. The number of rotatable bonds is 3. The molecule has 0 aliphatic heterocycles. The number of carbonyl (C=O) groups is 1. The smallest absolute Gasteiger partial charge is 0.307 e. The topological polar surface area (TPSA) is 78.9 Å². The first-order valence-electron chi connectivity index (χ1n) is 5.91. The van der Waals surface area contributed by atoms with Crippen molar-refractivity contribution in [2.45, 2.75) is 20.3 Å². The van der Waals surface area contributed by atoms with Gasteiger partial charge in [-0.1, -0.05) is 6.07 Å². The van der Waals surface area contributed by atoms with E-state index in [2.05, 4.69) is 5.10 Å². The summed E-state index contributed by atoms with van der Waals surface area (Å²) in [5.74, 6) is -1.59. The Kier molecular flexibility index (Phi) is 3.53. The lowest BCUT2D eigenvalue weighted by molar-refractivity contribution is -0.136. The Morgan fingerprint density at radius 3 is 2.80 bits per heavy atom. The van der Waals surface area contributed by atoms with E-state index in [0.717, 1.165) is 0 Å². The summed E-state index contributed by atoms with van der Waals surface area (Å²) in [6, 6.07) is 6.07. The Balaban J connectivity index is 2.64. The standard InChI is InChI=1S/C14H12FN3O2/c1-8-10(6-14(19)20)9(2)18(17-8)13-5-3-4-12(15)11(13)7-16/h3-5H,6H2,1-2H3,(H,19,20). The van der Waals surface area contributed by atoms with Gasteiger partial charge in [0.05, 0.1) is 17.8 Å². The highest BCUT2D eigenvalue weighted by Crippen LogP contribution is 2.22. The number of hydrogen-bond acceptors (Lipinski definition) is 3. The maximum atomic E-state index is 13.6. The second-order valence-electron chi connectivity index (χ2n) is 4.38. The summed E-state index contributed by atoms with van der Waals surface area (Å²) in [6.45, 7) is 3.39. The first kappa shape index (κ1) is 13.7. The molecule has 1 aromatic heterocycles. The lowest BCUT2D eigenvalue weighted by atomic mass is 10.1. The Morgan fingerprint density at radius 2 is 2.20 bits per heavy atom. The van der Waals surface area contributed by atoms with Crippen LogP contribution in [0.2, 0.25) is 0 Å². The van der Waals surface area contributed by atoms with Crippen molar-refractivity contribution >= 4 is 5.97 Å². The highest BCUT2D eigenvalue weighted by Gasteiger charge is 2.18. The van der Waals surface area contributed by atoms with Gasteiger partial charge >= 0.3 is 5.97 Å². The SMILES string of the molecule is Cc1nn(-c2cccc(F)c2C#N)c(C)c1CC(=O)O. The summed E-state index contributed by atoms with van der Waals surface area (Å²) in [5, 5.41) is 22.2. The summed E-state index contributed by atoms with van der Waals surface area (Å²) in [4.78, 5) is 10.8. The van der Waals surface area contributed by atoms with Gasteiger partial charge in [0.1, 0.15) is 17.4 Å². The molecular weight excluding hydrogens is 261 g/mol. The van der Waals surface area contributed by atoms with Gasteiger partial charge in [-0.15, -0.1) is 0 Å². The maximum Gasteiger partial charge on any atom is 0.307 e. The molecule has 0 amide bonds. The summed E-state index contributed by atoms with van der Waals surface area (Å²) in [5.41, 5.74) is 1.92. The number of aryl methyl sites for hydroxylation is 1. The number of nitrogens with zero attached hydrogens (tertiary/aromatic N) is 3. The van der Waals surface area contributed by atoms with Crippen molar-refractivity contribution in [2.75, 3.05) is 0 Å². The third-order valence-electron chi connectivity index (χ3n) is 3.10. The largest absolute Gasteiger partial charge is 0.481 e. The van der Waals surface area contributed by atoms with Gasteiger partial charge in [0, 0.05) is 11.3 Å². The predicted molar refractivity (Wildman–Crippen MR) is 69.1 cm³/mol. The maximum absolute atomic E-state index is 13.6. The van der Waals surface area contributed by atoms with Crippen molar-refractivity contribution in [3.05, 3.63) is 46.5 Å². The van der Waals surface area contributed by atoms with Gasteiger partial charge in [-0.3, -0.25) is 4.79 Å². The number of aliphatic carboxylic acids is 1. The lowest BCUT2D eigenvalue weighted by Crippen LogP contribution is -2.05. The fourth-order valence-corrected chi connectivity index (χ4v) is 2.12. The van der Waals surface area contributed by atoms with Gasteiger partial charge in [-0.2, -0.15) is 10.4 Å². The van der Waals surface area contributed by atoms with Crippen LogP contribution >= 0.6 is 0 Å². The van der Waals surface area contributed by atoms with Gasteiger partial charge in [0.2, 0.25) is 0 Å². The van der Waals surface area contributed by atoms with E-state index in [0.29, 0.717) is 22.6 Å². The normalized spacial score (nSPS) is 10.3. The number of hydrogen-bond donors (Lipinski definition) is 1. The van der Waals surface area contributed by atoms with E-state index in [4.69, 9.17) is 10.4 Å². The molecule has 0 atom stereocenters. The molecular formula is C14H12FN3O2. The number of benzene rings is 1. The molecule has 1 N–H and O–H groups in total. The van der Waals surface area contributed by atoms with Crippen LogP contribution in [0.25, 0.3) is 5.69 Å². The number of halogens is 1. The van der Waals surface area contributed by atoms with Crippen molar-refractivity contribution in [1.29, 1.82) is 5.26 Å². The average Bonchev–Trinajstić information content (AvgIpc) is 2.66. The molecule has 0 unspecified atom stereocenters. The van der Waals surface area contributed by atoms with Gasteiger partial charge < -0.3 is 5.11 Å². The van der Waals surface area contributed by atoms with Crippen molar-refractivity contribution in [3.8, 4) is 11.8 Å². The molecule has 5 nitrogen and oxygen atoms in total. The van der Waals surface area contributed by atoms with Crippen molar-refractivity contribution < 1.29 is 14.3 Å². The molecule has 0 aliphatic rings. The molecule has 0 radical (unpaired) electrons. The summed E-state index contributed by atoms with van der Waals surface area (Å²) in [7, 11) is 0. The summed E-state index contributed by atoms with van der Waals surface area (Å²) < 4.78 is 15.0. The van der Waals surface area contributed by atoms with E-state index in [-0.39, 0.29) is 12.0 Å². The zero-order valence-electron chi connectivity index (χ0n) is 11.0. The minimum atomic E-state index is -0.963. The fraction of sp³-hybridized carbons (Fsp3) is 0.214. The van der Waals surface area contributed by atoms with E-state index in [1.165, 1.54) is 16.8 Å². The summed E-state index contributed by atoms with van der Waals surface area (Å²) >= 11 is 0. The van der Waals surface area contributed by atoms with Crippen molar-refractivity contribution in [3.63, 3.8) is 0 Å². The zero-order valence-corrected chi connectivity index (χ0v) is 11.0. The van der Waals surface area contributed by atoms with Crippen LogP contribution in [-0.2, 0) is 11.2 Å². The van der Waals surface area contributed by atoms with E-state index in [1.54, 1.807) is 26.0 Å². The van der Waals surface area contributed by atoms with Crippen LogP contribution in [0.15, 0.2) is 18.2 Å². The van der Waals surface area contributed by atoms with Crippen LogP contribution in [-0.4, -0.2) is 20.9 Å². The fourth-order valence-electron chi connectivity index (χ4n) is 2.12. The quantitative estimate of drug-likeness (QED) is 0.929. The highest BCUT2D eigenvalue weighted by molar-refractivity contribution is 5.71. The number of aromatic nitrogens is 2. The van der Waals surface area contributed by atoms with E-state index in [1.807, 2.05) is 0 Å². The minimum Gasteiger partial charge on any atom is -0.481 e. The molecule has 102 valence electrons. The first-order chi connectivity index (χ1) is 9.45. The van der Waals surface area contributed by atoms with Crippen LogP contribution in [0.5, 0.6) is 0 Å². The molecule has 0 fully saturated rings. The van der Waals surface area contributed by atoms with Crippen LogP contribution in [0.4, 0.5) is 4.39 Å². The molecule has 2 aromatic rings. The molecule has 0 spiro atoms. The molecule has 0 bridgehead atoms. The van der Waals surface area contributed by atoms with E-state index < -0.39 is 11.8 Å². The first-order valence-corrected chi connectivity index (χ1v) is 5.91. The third kappa shape index (κ3) is 2.26. The van der Waals surface area contributed by atoms with Crippen molar-refractivity contribution in [2.24, 2.45) is 0 Å². The molecule has 1 aromatic carbocycles. The number of nitriles is 1. The average molecular weight is 273 g/mol. The van der Waals surface area contributed by atoms with Crippen LogP contribution in [0.1, 0.15) is 22.5 Å². The van der Waals surface area contributed by atoms with E-state index >= 15 is 0 Å². The minimum absolute atomic E-state index is 0.111. The monoisotopic (exact) mass is 273 g/mol. The lowest BCUT2D eigenvalue weighted by Gasteiger charge is -2.07. The van der Waals surface area contributed by atoms with Crippen molar-refractivity contribution in [1.82, 2.24) is 9.78 Å². The van der Waals surface area contributed by atoms with Crippen LogP contribution < -0.4 is 0 Å². The van der Waals surface area contributed by atoms with Gasteiger partial charge in [0.15, 0.2) is 0 Å². The van der Waals surface area contributed by atoms with Gasteiger partial charge in [0.25, 0.3) is 0 Å². The number of carboxylic acids is 1. The van der Waals surface area contributed by atoms with Crippen LogP contribution in [0, 0.1) is 31.0 Å². The molecule has 6 heteroatoms.